The molecule has 0 atom stereocenters. The second kappa shape index (κ2) is 13.2. The summed E-state index contributed by atoms with van der Waals surface area (Å²) in [6.45, 7) is 0. The van der Waals surface area contributed by atoms with Crippen LogP contribution in [0.15, 0.2) is 91.3 Å². The van der Waals surface area contributed by atoms with E-state index in [0.717, 1.165) is 54.9 Å². The summed E-state index contributed by atoms with van der Waals surface area (Å²) in [5.74, 6) is 0. The summed E-state index contributed by atoms with van der Waals surface area (Å²) in [5, 5.41) is 15.3. The summed E-state index contributed by atoms with van der Waals surface area (Å²) in [4.78, 5) is 11.9. The maximum Gasteiger partial charge on any atom is 0.249 e. The molecule has 0 spiro atoms. The minimum Gasteiger partial charge on any atom is -0.565 e. The molecule has 1 N–H and O–H groups in total. The zero-order valence-electron chi connectivity index (χ0n) is 15.0. The Kier molecular flexibility index (Phi) is 12.3. The van der Waals surface area contributed by atoms with Crippen LogP contribution < -0.4 is 5.11 Å². The second-order valence-electron chi connectivity index (χ2n) is 5.67. The predicted molar refractivity (Wildman–Crippen MR) is 159 cm³/mol. The molecule has 170 valence electrons. The Bertz CT molecular complexity index is 977. The third-order valence-electron chi connectivity index (χ3n) is 3.50. The quantitative estimate of drug-likeness (QED) is 0.266. The van der Waals surface area contributed by atoms with E-state index in [1.165, 1.54) is 0 Å². The molecule has 0 heterocycles. The lowest BCUT2D eigenvalue weighted by Crippen LogP contribution is -2.17. The molecule has 0 aliphatic carbocycles. The van der Waals surface area contributed by atoms with Crippen molar-refractivity contribution in [3.8, 4) is 0 Å². The van der Waals surface area contributed by atoms with Crippen molar-refractivity contribution in [1.82, 2.24) is 0 Å². The van der Waals surface area contributed by atoms with E-state index in [9.17, 15) is 0 Å². The third-order valence-corrected chi connectivity index (χ3v) is 12.7. The maximum atomic E-state index is 8.44. The van der Waals surface area contributed by atoms with Crippen molar-refractivity contribution in [2.45, 2.75) is 14.7 Å². The van der Waals surface area contributed by atoms with Gasteiger partial charge in [-0.2, -0.15) is 0 Å². The third kappa shape index (κ3) is 7.80. The van der Waals surface area contributed by atoms with Gasteiger partial charge >= 0.3 is 0 Å². The molecule has 3 rings (SSSR count). The zero-order chi connectivity index (χ0) is 24.3. The van der Waals surface area contributed by atoms with Crippen molar-refractivity contribution in [1.29, 1.82) is 0 Å². The number of hydrogen-bond donors (Lipinski definition) is 1. The van der Waals surface area contributed by atoms with Crippen LogP contribution in [0.3, 0.4) is 0 Å². The summed E-state index contributed by atoms with van der Waals surface area (Å²) >= 11 is 33.5. The van der Waals surface area contributed by atoms with Crippen LogP contribution in [0.5, 0.6) is 0 Å². The van der Waals surface area contributed by atoms with E-state index in [1.54, 1.807) is 0 Å². The topological polar surface area (TPSA) is 60.4 Å². The van der Waals surface area contributed by atoms with Crippen molar-refractivity contribution in [2.24, 2.45) is 0 Å². The zero-order valence-corrected chi connectivity index (χ0v) is 30.1. The molecule has 3 aromatic rings. The van der Waals surface area contributed by atoms with Gasteiger partial charge in [0.25, 0.3) is 0 Å². The second-order valence-corrected chi connectivity index (χ2v) is 15.4. The van der Waals surface area contributed by atoms with Gasteiger partial charge in [-0.3, -0.25) is 0 Å². The van der Waals surface area contributed by atoms with Gasteiger partial charge < -0.3 is 15.0 Å². The van der Waals surface area contributed by atoms with Crippen LogP contribution in [0, 0.1) is 0 Å². The molecular weight excluding hydrogens is 1030 g/mol. The van der Waals surface area contributed by atoms with Gasteiger partial charge in [0.05, 0.1) is 26.8 Å². The van der Waals surface area contributed by atoms with Crippen LogP contribution in [-0.2, 0) is 10.9 Å². The van der Waals surface area contributed by atoms with E-state index >= 15 is 0 Å². The van der Waals surface area contributed by atoms with Gasteiger partial charge in [0, 0.05) is 13.4 Å². The molecule has 0 radical (unpaired) electrons. The first kappa shape index (κ1) is 29.8. The summed E-state index contributed by atoms with van der Waals surface area (Å²) in [6, 6.07) is 12.4. The fourth-order valence-electron chi connectivity index (χ4n) is 2.48. The van der Waals surface area contributed by atoms with Gasteiger partial charge in [-0.15, -0.1) is 0 Å². The van der Waals surface area contributed by atoms with Crippen molar-refractivity contribution < 1.29 is 15.0 Å². The van der Waals surface area contributed by atoms with Crippen LogP contribution in [0.25, 0.3) is 0 Å². The monoisotopic (exact) mass is 1030 g/mol. The van der Waals surface area contributed by atoms with Crippen LogP contribution in [-0.4, -0.2) is 11.3 Å². The largest absolute Gasteiger partial charge is 0.565 e. The van der Waals surface area contributed by atoms with E-state index in [4.69, 9.17) is 15.0 Å². The van der Waals surface area contributed by atoms with Crippen LogP contribution >= 0.6 is 143 Å². The van der Waals surface area contributed by atoms with Gasteiger partial charge in [-0.1, -0.05) is 47.8 Å². The van der Waals surface area contributed by atoms with Crippen molar-refractivity contribution in [3.63, 3.8) is 0 Å². The van der Waals surface area contributed by atoms with Gasteiger partial charge in [-0.05, 0) is 132 Å². The molecule has 3 aromatic carbocycles. The Hall–Kier alpha value is 1.60. The van der Waals surface area contributed by atoms with Crippen molar-refractivity contribution >= 4 is 160 Å². The smallest absolute Gasteiger partial charge is 0.249 e. The Morgan fingerprint density at radius 2 is 0.719 bits per heavy atom. The van der Waals surface area contributed by atoms with Crippen molar-refractivity contribution in [2.75, 3.05) is 0 Å². The fraction of sp³-hybridized carbons (Fsp3) is 0. The van der Waals surface area contributed by atoms with Gasteiger partial charge in [-0.25, -0.2) is 0 Å². The standard InChI is InChI=1S/C18H6Br9S.CH2O3/c19-7-1-10(22)16(11(23)2-7)28(17-12(24)3-8(20)4-13(17)25)18-14(26)5-9(21)6-15(18)27;2-1(3)4/h1-6H;(H2,2,3,4)/q+1;/p-1. The van der Waals surface area contributed by atoms with E-state index in [0.29, 0.717) is 0 Å². The van der Waals surface area contributed by atoms with Crippen LogP contribution in [0.2, 0.25) is 0 Å². The van der Waals surface area contributed by atoms with E-state index in [1.807, 2.05) is 0 Å². The average molecular weight is 1030 g/mol. The first-order valence-corrected chi connectivity index (χ1v) is 16.3. The van der Waals surface area contributed by atoms with Crippen molar-refractivity contribution in [3.05, 3.63) is 76.7 Å². The number of carbonyl (C=O) groups is 1. The SMILES string of the molecule is Brc1cc(Br)c([S+](c2c(Br)cc(Br)cc2Br)c2c(Br)cc(Br)cc2Br)c(Br)c1.O=C([O-])O. The molecule has 32 heavy (non-hydrogen) atoms. The molecule has 13 heteroatoms. The Morgan fingerprint density at radius 3 is 0.875 bits per heavy atom. The van der Waals surface area contributed by atoms with Gasteiger partial charge in [0.2, 0.25) is 6.16 Å². The predicted octanol–water partition coefficient (Wildman–Crippen LogP) is 10.5. The summed E-state index contributed by atoms with van der Waals surface area (Å²) in [6.07, 6.45) is -2.08. The van der Waals surface area contributed by atoms with E-state index < -0.39 is 17.1 Å². The Balaban J connectivity index is 0.000000837. The number of benzene rings is 3. The first-order valence-electron chi connectivity index (χ1n) is 7.91. The lowest BCUT2D eigenvalue weighted by molar-refractivity contribution is -0.275. The number of halogens is 9. The molecule has 0 saturated heterocycles. The van der Waals surface area contributed by atoms with Crippen LogP contribution in [0.4, 0.5) is 4.79 Å². The van der Waals surface area contributed by atoms with Crippen LogP contribution in [0.1, 0.15) is 0 Å². The summed E-state index contributed by atoms with van der Waals surface area (Å²) in [7, 11) is -0.453. The molecule has 0 saturated carbocycles. The number of carboxylic acid groups (broad SMARTS) is 2. The minimum absolute atomic E-state index is 0.453. The molecule has 3 nitrogen and oxygen atoms in total. The fourth-order valence-corrected chi connectivity index (χ4v) is 14.3. The number of hydrogen-bond acceptors (Lipinski definition) is 2. The summed E-state index contributed by atoms with van der Waals surface area (Å²) in [5.41, 5.74) is 0. The minimum atomic E-state index is -2.08. The Morgan fingerprint density at radius 1 is 0.562 bits per heavy atom. The van der Waals surface area contributed by atoms with Gasteiger partial charge in [0.15, 0.2) is 14.7 Å². The highest BCUT2D eigenvalue weighted by Gasteiger charge is 2.40. The molecular formula is C19H7Br9O3S. The summed E-state index contributed by atoms with van der Waals surface area (Å²) < 4.78 is 9.09. The molecule has 0 fully saturated rings. The van der Waals surface area contributed by atoms with E-state index in [2.05, 4.69) is 180 Å². The molecule has 0 aliphatic rings. The maximum absolute atomic E-state index is 8.44. The number of rotatable bonds is 3. The highest BCUT2D eigenvalue weighted by Crippen LogP contribution is 2.50. The molecule has 0 aliphatic heterocycles. The molecule has 0 aromatic heterocycles. The highest BCUT2D eigenvalue weighted by atomic mass is 79.9. The van der Waals surface area contributed by atoms with E-state index in [-0.39, 0.29) is 0 Å². The molecule has 0 amide bonds. The average Bonchev–Trinajstić information content (AvgIpc) is 2.58. The lowest BCUT2D eigenvalue weighted by Gasteiger charge is -2.16. The highest BCUT2D eigenvalue weighted by molar-refractivity contribution is 9.12. The van der Waals surface area contributed by atoms with Gasteiger partial charge in [0.1, 0.15) is 10.9 Å². The molecule has 0 bridgehead atoms. The lowest BCUT2D eigenvalue weighted by atomic mass is 10.3. The normalized spacial score (nSPS) is 10.7. The Labute approximate surface area is 263 Å². The molecule has 0 unspecified atom stereocenters. The first-order chi connectivity index (χ1) is 14.8.